The summed E-state index contributed by atoms with van der Waals surface area (Å²) in [5, 5.41) is 14.3. The minimum atomic E-state index is -0.218. The molecule has 2 amide bonds. The summed E-state index contributed by atoms with van der Waals surface area (Å²) in [5.74, 6) is -0.216. The molecular weight excluding hydrogens is 278 g/mol. The van der Waals surface area contributed by atoms with Crippen molar-refractivity contribution in [2.24, 2.45) is 0 Å². The second kappa shape index (κ2) is 5.70. The minimum Gasteiger partial charge on any atom is -0.326 e. The monoisotopic (exact) mass is 291 g/mol. The molecule has 0 unspecified atom stereocenters. The van der Waals surface area contributed by atoms with Crippen LogP contribution in [0.1, 0.15) is 27.9 Å². The van der Waals surface area contributed by atoms with Crippen molar-refractivity contribution in [2.45, 2.75) is 12.8 Å². The molecule has 108 valence electrons. The lowest BCUT2D eigenvalue weighted by molar-refractivity contribution is -0.116. The summed E-state index contributed by atoms with van der Waals surface area (Å²) < 4.78 is 0. The van der Waals surface area contributed by atoms with E-state index < -0.39 is 0 Å². The van der Waals surface area contributed by atoms with E-state index in [2.05, 4.69) is 10.6 Å². The highest BCUT2D eigenvalue weighted by molar-refractivity contribution is 6.05. The molecule has 0 fully saturated rings. The van der Waals surface area contributed by atoms with Gasteiger partial charge in [0.25, 0.3) is 5.91 Å². The van der Waals surface area contributed by atoms with E-state index in [0.717, 1.165) is 11.3 Å². The summed E-state index contributed by atoms with van der Waals surface area (Å²) in [7, 11) is 0. The van der Waals surface area contributed by atoms with Gasteiger partial charge in [-0.3, -0.25) is 9.59 Å². The number of carbonyl (C=O) groups is 2. The summed E-state index contributed by atoms with van der Waals surface area (Å²) >= 11 is 0. The van der Waals surface area contributed by atoms with Crippen LogP contribution in [0, 0.1) is 11.3 Å². The molecule has 0 spiro atoms. The standard InChI is InChI=1S/C17H13N3O2/c18-10-11-1-5-14(6-2-11)19-17(22)13-3-7-15-12(9-13)4-8-16(21)20-15/h1-3,5-7,9H,4,8H2,(H,19,22)(H,20,21). The van der Waals surface area contributed by atoms with Crippen molar-refractivity contribution in [3.63, 3.8) is 0 Å². The first kappa shape index (κ1) is 13.8. The van der Waals surface area contributed by atoms with Gasteiger partial charge in [0.15, 0.2) is 0 Å². The van der Waals surface area contributed by atoms with E-state index in [4.69, 9.17) is 5.26 Å². The van der Waals surface area contributed by atoms with Crippen LogP contribution in [-0.2, 0) is 11.2 Å². The van der Waals surface area contributed by atoms with E-state index in [1.807, 2.05) is 6.07 Å². The van der Waals surface area contributed by atoms with E-state index >= 15 is 0 Å². The number of hydrogen-bond acceptors (Lipinski definition) is 3. The highest BCUT2D eigenvalue weighted by atomic mass is 16.2. The Morgan fingerprint density at radius 3 is 2.64 bits per heavy atom. The van der Waals surface area contributed by atoms with Crippen LogP contribution in [0.3, 0.4) is 0 Å². The molecule has 3 rings (SSSR count). The molecule has 0 saturated heterocycles. The molecule has 0 aromatic heterocycles. The van der Waals surface area contributed by atoms with Crippen LogP contribution in [0.5, 0.6) is 0 Å². The molecule has 1 aliphatic heterocycles. The van der Waals surface area contributed by atoms with Crippen molar-refractivity contribution in [1.29, 1.82) is 5.26 Å². The molecule has 5 nitrogen and oxygen atoms in total. The van der Waals surface area contributed by atoms with Gasteiger partial charge in [-0.15, -0.1) is 0 Å². The maximum atomic E-state index is 12.3. The van der Waals surface area contributed by atoms with Crippen molar-refractivity contribution >= 4 is 23.2 Å². The predicted molar refractivity (Wildman–Crippen MR) is 82.5 cm³/mol. The lowest BCUT2D eigenvalue weighted by Gasteiger charge is -2.17. The zero-order valence-corrected chi connectivity index (χ0v) is 11.7. The number of nitriles is 1. The van der Waals surface area contributed by atoms with Gasteiger partial charge < -0.3 is 10.6 Å². The number of anilines is 2. The first-order valence-corrected chi connectivity index (χ1v) is 6.90. The zero-order valence-electron chi connectivity index (χ0n) is 11.7. The Labute approximate surface area is 127 Å². The summed E-state index contributed by atoms with van der Waals surface area (Å²) in [5.41, 5.74) is 3.45. The van der Waals surface area contributed by atoms with E-state index in [0.29, 0.717) is 29.7 Å². The van der Waals surface area contributed by atoms with Crippen LogP contribution in [0.25, 0.3) is 0 Å². The normalized spacial score (nSPS) is 12.8. The molecule has 0 bridgehead atoms. The number of aryl methyl sites for hydroxylation is 1. The van der Waals surface area contributed by atoms with Gasteiger partial charge in [-0.25, -0.2) is 0 Å². The third kappa shape index (κ3) is 2.81. The lowest BCUT2D eigenvalue weighted by Crippen LogP contribution is -2.20. The zero-order chi connectivity index (χ0) is 15.5. The number of hydrogen-bond donors (Lipinski definition) is 2. The molecular formula is C17H13N3O2. The van der Waals surface area contributed by atoms with Gasteiger partial charge in [0.2, 0.25) is 5.91 Å². The van der Waals surface area contributed by atoms with E-state index in [1.165, 1.54) is 0 Å². The SMILES string of the molecule is N#Cc1ccc(NC(=O)c2ccc3c(c2)CCC(=O)N3)cc1. The van der Waals surface area contributed by atoms with Gasteiger partial charge in [-0.1, -0.05) is 0 Å². The van der Waals surface area contributed by atoms with Gasteiger partial charge in [0.05, 0.1) is 11.6 Å². The average molecular weight is 291 g/mol. The highest BCUT2D eigenvalue weighted by Crippen LogP contribution is 2.24. The molecule has 2 aromatic carbocycles. The van der Waals surface area contributed by atoms with Crippen LogP contribution in [-0.4, -0.2) is 11.8 Å². The van der Waals surface area contributed by atoms with Crippen LogP contribution in [0.2, 0.25) is 0 Å². The number of nitrogens with one attached hydrogen (secondary N) is 2. The van der Waals surface area contributed by atoms with Crippen molar-refractivity contribution in [2.75, 3.05) is 10.6 Å². The van der Waals surface area contributed by atoms with Crippen molar-refractivity contribution in [1.82, 2.24) is 0 Å². The smallest absolute Gasteiger partial charge is 0.255 e. The topological polar surface area (TPSA) is 82.0 Å². The summed E-state index contributed by atoms with van der Waals surface area (Å²) in [4.78, 5) is 23.6. The molecule has 0 saturated carbocycles. The largest absolute Gasteiger partial charge is 0.326 e. The third-order valence-corrected chi connectivity index (χ3v) is 3.53. The highest BCUT2D eigenvalue weighted by Gasteiger charge is 2.16. The predicted octanol–water partition coefficient (Wildman–Crippen LogP) is 2.70. The fourth-order valence-corrected chi connectivity index (χ4v) is 2.36. The summed E-state index contributed by atoms with van der Waals surface area (Å²) in [6.45, 7) is 0. The van der Waals surface area contributed by atoms with E-state index in [1.54, 1.807) is 42.5 Å². The van der Waals surface area contributed by atoms with E-state index in [9.17, 15) is 9.59 Å². The summed E-state index contributed by atoms with van der Waals surface area (Å²) in [6.07, 6.45) is 1.08. The fraction of sp³-hybridized carbons (Fsp3) is 0.118. The number of benzene rings is 2. The van der Waals surface area contributed by atoms with Gasteiger partial charge in [-0.05, 0) is 54.4 Å². The maximum absolute atomic E-state index is 12.3. The van der Waals surface area contributed by atoms with Crippen molar-refractivity contribution < 1.29 is 9.59 Å². The van der Waals surface area contributed by atoms with Crippen molar-refractivity contribution in [3.05, 3.63) is 59.2 Å². The fourth-order valence-electron chi connectivity index (χ4n) is 2.36. The van der Waals surface area contributed by atoms with Crippen LogP contribution in [0.15, 0.2) is 42.5 Å². The molecule has 22 heavy (non-hydrogen) atoms. The molecule has 1 aliphatic rings. The summed E-state index contributed by atoms with van der Waals surface area (Å²) in [6, 6.07) is 13.9. The number of carbonyl (C=O) groups excluding carboxylic acids is 2. The molecule has 1 heterocycles. The second-order valence-corrected chi connectivity index (χ2v) is 5.06. The second-order valence-electron chi connectivity index (χ2n) is 5.06. The molecule has 5 heteroatoms. The third-order valence-electron chi connectivity index (χ3n) is 3.53. The minimum absolute atomic E-state index is 0.00211. The average Bonchev–Trinajstić information content (AvgIpc) is 2.55. The van der Waals surface area contributed by atoms with Crippen molar-refractivity contribution in [3.8, 4) is 6.07 Å². The van der Waals surface area contributed by atoms with Crippen LogP contribution >= 0.6 is 0 Å². The Balaban J connectivity index is 1.77. The Morgan fingerprint density at radius 2 is 1.91 bits per heavy atom. The lowest BCUT2D eigenvalue weighted by atomic mass is 10.00. The first-order chi connectivity index (χ1) is 10.7. The molecule has 2 N–H and O–H groups in total. The Kier molecular flexibility index (Phi) is 3.58. The molecule has 0 radical (unpaired) electrons. The Morgan fingerprint density at radius 1 is 1.14 bits per heavy atom. The number of amides is 2. The van der Waals surface area contributed by atoms with Gasteiger partial charge in [-0.2, -0.15) is 5.26 Å². The first-order valence-electron chi connectivity index (χ1n) is 6.90. The Hall–Kier alpha value is -3.13. The molecule has 0 aliphatic carbocycles. The quantitative estimate of drug-likeness (QED) is 0.892. The molecule has 0 atom stereocenters. The number of fused-ring (bicyclic) bond motifs is 1. The van der Waals surface area contributed by atoms with Crippen LogP contribution < -0.4 is 10.6 Å². The maximum Gasteiger partial charge on any atom is 0.255 e. The van der Waals surface area contributed by atoms with Gasteiger partial charge in [0.1, 0.15) is 0 Å². The Bertz CT molecular complexity index is 789. The molecule has 2 aromatic rings. The van der Waals surface area contributed by atoms with Gasteiger partial charge in [0, 0.05) is 23.4 Å². The van der Waals surface area contributed by atoms with E-state index in [-0.39, 0.29) is 11.8 Å². The number of nitrogens with zero attached hydrogens (tertiary/aromatic N) is 1. The number of rotatable bonds is 2. The van der Waals surface area contributed by atoms with Crippen LogP contribution in [0.4, 0.5) is 11.4 Å². The van der Waals surface area contributed by atoms with Gasteiger partial charge >= 0.3 is 0 Å².